The molecule has 0 N–H and O–H groups in total. The molecule has 0 amide bonds. The Labute approximate surface area is 470 Å². The maximum Gasteiger partial charge on any atom is 0.252 e. The van der Waals surface area contributed by atoms with E-state index in [2.05, 4.69) is 289 Å². The second-order valence-corrected chi connectivity index (χ2v) is 25.6. The molecule has 2 heterocycles. The number of rotatable bonds is 2. The third-order valence-corrected chi connectivity index (χ3v) is 19.4. The molecule has 0 saturated carbocycles. The Morgan fingerprint density at radius 2 is 0.600 bits per heavy atom. The van der Waals surface area contributed by atoms with Gasteiger partial charge < -0.3 is 9.80 Å². The van der Waals surface area contributed by atoms with Crippen LogP contribution in [0.4, 0.5) is 34.1 Å². The van der Waals surface area contributed by atoms with Crippen LogP contribution >= 0.6 is 0 Å². The summed E-state index contributed by atoms with van der Waals surface area (Å²) < 4.78 is 0. The zero-order valence-corrected chi connectivity index (χ0v) is 46.4. The highest BCUT2D eigenvalue weighted by atomic mass is 15.2. The molecule has 11 aromatic carbocycles. The van der Waals surface area contributed by atoms with Crippen LogP contribution in [0.2, 0.25) is 0 Å². The van der Waals surface area contributed by atoms with Gasteiger partial charge in [0.05, 0.1) is 10.8 Å². The lowest BCUT2D eigenvalue weighted by atomic mass is 9.33. The van der Waals surface area contributed by atoms with Gasteiger partial charge in [-0.25, -0.2) is 0 Å². The van der Waals surface area contributed by atoms with E-state index in [0.717, 1.165) is 0 Å². The molecule has 0 aromatic heterocycles. The van der Waals surface area contributed by atoms with Gasteiger partial charge in [0, 0.05) is 34.1 Å². The average Bonchev–Trinajstić information content (AvgIpc) is 3.07. The number of aryl methyl sites for hydroxylation is 1. The quantitative estimate of drug-likeness (QED) is 0.159. The summed E-state index contributed by atoms with van der Waals surface area (Å²) >= 11 is 0. The maximum atomic E-state index is 2.63. The lowest BCUT2D eigenvalue weighted by molar-refractivity contribution is 0.590. The summed E-state index contributed by atoms with van der Waals surface area (Å²) in [5.74, 6) is 0. The summed E-state index contributed by atoms with van der Waals surface area (Å²) in [7, 11) is 0. The zero-order valence-electron chi connectivity index (χ0n) is 46.4. The molecular weight excluding hydrogens is 964 g/mol. The Bertz CT molecular complexity index is 4180. The van der Waals surface area contributed by atoms with E-state index in [1.54, 1.807) is 0 Å². The molecule has 2 spiro atoms. The van der Waals surface area contributed by atoms with Gasteiger partial charge in [-0.05, 0) is 188 Å². The van der Waals surface area contributed by atoms with E-state index < -0.39 is 10.8 Å². The minimum absolute atomic E-state index is 0.0162. The fourth-order valence-corrected chi connectivity index (χ4v) is 16.1. The summed E-state index contributed by atoms with van der Waals surface area (Å²) in [5.41, 5.74) is 35.7. The molecule has 0 fully saturated rings. The zero-order chi connectivity index (χ0) is 53.8. The number of anilines is 6. The number of fused-ring (bicyclic) bond motifs is 24. The molecule has 80 heavy (non-hydrogen) atoms. The van der Waals surface area contributed by atoms with Gasteiger partial charge in [-0.2, -0.15) is 0 Å². The lowest BCUT2D eigenvalue weighted by Gasteiger charge is -2.45. The smallest absolute Gasteiger partial charge is 0.252 e. The molecule has 2 nitrogen and oxygen atoms in total. The van der Waals surface area contributed by atoms with Crippen molar-refractivity contribution in [1.29, 1.82) is 0 Å². The Balaban J connectivity index is 0.920. The Morgan fingerprint density at radius 3 is 0.925 bits per heavy atom. The largest absolute Gasteiger partial charge is 0.311 e. The number of benzene rings is 11. The first-order valence-electron chi connectivity index (χ1n) is 28.8. The normalized spacial score (nSPS) is 15.3. The van der Waals surface area contributed by atoms with Crippen molar-refractivity contribution in [2.75, 3.05) is 9.80 Å². The molecule has 4 aliphatic carbocycles. The van der Waals surface area contributed by atoms with E-state index in [9.17, 15) is 0 Å². The molecule has 0 unspecified atom stereocenters. The Hall–Kier alpha value is -8.92. The standard InChI is InChI=1S/C77H59BN2/c1-46-40-71-73-72(41-46)80(50-35-37-66-58(45-50)56-25-13-19-31-64(56)77(66)61-28-16-10-22-53(61)54-23-11-17-29-62(54)77)70-39-33-48(75(5,6)7)43-68(70)78(73)67-42-47(74(2,3)4)32-38-69(67)79(71)49-34-36-65-57(44-49)55-24-12-18-30-63(55)76(65)59-26-14-8-20-51(59)52-21-9-15-27-60(52)76/h8-45H,1-7H3. The summed E-state index contributed by atoms with van der Waals surface area (Å²) in [6.45, 7) is 16.4. The van der Waals surface area contributed by atoms with Gasteiger partial charge in [0.25, 0.3) is 6.71 Å². The topological polar surface area (TPSA) is 6.48 Å². The van der Waals surface area contributed by atoms with Crippen LogP contribution in [-0.4, -0.2) is 6.71 Å². The number of hydrogen-bond acceptors (Lipinski definition) is 2. The van der Waals surface area contributed by atoms with Crippen molar-refractivity contribution >= 4 is 57.2 Å². The molecule has 0 atom stereocenters. The summed E-state index contributed by atoms with van der Waals surface area (Å²) in [6, 6.07) is 89.6. The van der Waals surface area contributed by atoms with Crippen molar-refractivity contribution in [3.63, 3.8) is 0 Å². The van der Waals surface area contributed by atoms with Crippen LogP contribution < -0.4 is 26.2 Å². The van der Waals surface area contributed by atoms with Gasteiger partial charge in [0.1, 0.15) is 0 Å². The van der Waals surface area contributed by atoms with Gasteiger partial charge in [-0.3, -0.25) is 0 Å². The Kier molecular flexibility index (Phi) is 9.02. The monoisotopic (exact) mass is 1020 g/mol. The minimum Gasteiger partial charge on any atom is -0.311 e. The van der Waals surface area contributed by atoms with Gasteiger partial charge in [-0.1, -0.05) is 224 Å². The number of nitrogens with zero attached hydrogens (tertiary/aromatic N) is 2. The van der Waals surface area contributed by atoms with Crippen LogP contribution in [0.15, 0.2) is 231 Å². The average molecular weight is 1020 g/mol. The molecule has 6 aliphatic rings. The summed E-state index contributed by atoms with van der Waals surface area (Å²) in [6.07, 6.45) is 0. The van der Waals surface area contributed by atoms with Crippen LogP contribution in [0, 0.1) is 6.92 Å². The van der Waals surface area contributed by atoms with Crippen molar-refractivity contribution in [2.24, 2.45) is 0 Å². The molecule has 0 bridgehead atoms. The van der Waals surface area contributed by atoms with Gasteiger partial charge in [0.2, 0.25) is 0 Å². The number of hydrogen-bond donors (Lipinski definition) is 0. The second-order valence-electron chi connectivity index (χ2n) is 25.6. The van der Waals surface area contributed by atoms with Crippen molar-refractivity contribution < 1.29 is 0 Å². The summed E-state index contributed by atoms with van der Waals surface area (Å²) in [4.78, 5) is 5.26. The van der Waals surface area contributed by atoms with Gasteiger partial charge in [-0.15, -0.1) is 0 Å². The first-order valence-corrected chi connectivity index (χ1v) is 28.8. The van der Waals surface area contributed by atoms with Crippen LogP contribution in [-0.2, 0) is 21.7 Å². The molecule has 3 heteroatoms. The second kappa shape index (κ2) is 15.7. The Morgan fingerprint density at radius 1 is 0.300 bits per heavy atom. The van der Waals surface area contributed by atoms with Crippen LogP contribution in [0.1, 0.15) is 103 Å². The van der Waals surface area contributed by atoms with E-state index in [1.807, 2.05) is 0 Å². The van der Waals surface area contributed by atoms with E-state index >= 15 is 0 Å². The van der Waals surface area contributed by atoms with E-state index in [0.29, 0.717) is 0 Å². The fourth-order valence-electron chi connectivity index (χ4n) is 16.1. The minimum atomic E-state index is -0.415. The maximum absolute atomic E-state index is 2.63. The van der Waals surface area contributed by atoms with E-state index in [-0.39, 0.29) is 17.5 Å². The fraction of sp³-hybridized carbons (Fsp3) is 0.143. The van der Waals surface area contributed by atoms with Crippen LogP contribution in [0.5, 0.6) is 0 Å². The third kappa shape index (κ3) is 5.70. The molecular formula is C77H59BN2. The van der Waals surface area contributed by atoms with Crippen molar-refractivity contribution in [3.05, 3.63) is 292 Å². The molecule has 2 aliphatic heterocycles. The van der Waals surface area contributed by atoms with Crippen molar-refractivity contribution in [1.82, 2.24) is 0 Å². The highest BCUT2D eigenvalue weighted by Gasteiger charge is 2.54. The molecule has 17 rings (SSSR count). The first kappa shape index (κ1) is 46.0. The van der Waals surface area contributed by atoms with Crippen LogP contribution in [0.3, 0.4) is 0 Å². The lowest BCUT2D eigenvalue weighted by Crippen LogP contribution is -2.61. The van der Waals surface area contributed by atoms with Crippen molar-refractivity contribution in [3.8, 4) is 44.5 Å². The predicted octanol–water partition coefficient (Wildman–Crippen LogP) is 17.4. The highest BCUT2D eigenvalue weighted by Crippen LogP contribution is 2.65. The first-order chi connectivity index (χ1) is 38.9. The van der Waals surface area contributed by atoms with Crippen LogP contribution in [0.25, 0.3) is 44.5 Å². The molecule has 11 aromatic rings. The van der Waals surface area contributed by atoms with Crippen molar-refractivity contribution in [2.45, 2.75) is 70.1 Å². The van der Waals surface area contributed by atoms with Gasteiger partial charge >= 0.3 is 0 Å². The third-order valence-electron chi connectivity index (χ3n) is 19.4. The summed E-state index contributed by atoms with van der Waals surface area (Å²) in [5, 5.41) is 0. The molecule has 0 saturated heterocycles. The molecule has 380 valence electrons. The van der Waals surface area contributed by atoms with E-state index in [1.165, 1.54) is 156 Å². The van der Waals surface area contributed by atoms with E-state index in [4.69, 9.17) is 0 Å². The predicted molar refractivity (Wildman–Crippen MR) is 335 cm³/mol. The van der Waals surface area contributed by atoms with Gasteiger partial charge in [0.15, 0.2) is 0 Å². The highest BCUT2D eigenvalue weighted by molar-refractivity contribution is 7.00. The SMILES string of the molecule is Cc1cc2c3c(c1)N(c1ccc4c(c1)-c1ccccc1C41c4ccccc4-c4ccccc41)c1ccc(C(C)(C)C)cc1B3c1cc(C(C)(C)C)ccc1N2c1ccc2c(c1)-c1ccccc1C21c2ccccc2-c2ccccc21. The molecule has 0 radical (unpaired) electrons.